The molecule has 0 aliphatic rings. The number of rotatable bonds is 14. The molecule has 236 valence electrons. The maximum absolute atomic E-state index is 13.6. The highest BCUT2D eigenvalue weighted by Gasteiger charge is 2.32. The maximum Gasteiger partial charge on any atom is 0.326 e. The van der Waals surface area contributed by atoms with Crippen LogP contribution in [0.5, 0.6) is 5.75 Å². The summed E-state index contributed by atoms with van der Waals surface area (Å²) in [6.07, 6.45) is 2.10. The Bertz CT molecular complexity index is 1620. The molecular formula is C34H39N5O6. The van der Waals surface area contributed by atoms with Crippen LogP contribution >= 0.6 is 0 Å². The first kappa shape index (κ1) is 32.7. The normalized spacial score (nSPS) is 13.9. The standard InChI is InChI=1S/C34H39N5O6/c1-20(2)30(39-31(41)26(35)18-23-19-36-27-11-7-6-10-25(23)27)33(43)37-28(16-22-12-14-24(40)15-13-22)32(42)38-29(34(44)45)17-21-8-4-3-5-9-21/h3-15,19-20,26,28-30,36,40H,16-18,35H2,1-2H3,(H,37,43)(H,38,42)(H,39,41)(H,44,45). The van der Waals surface area contributed by atoms with Gasteiger partial charge in [-0.3, -0.25) is 14.4 Å². The fourth-order valence-corrected chi connectivity index (χ4v) is 5.09. The lowest BCUT2D eigenvalue weighted by Crippen LogP contribution is -2.59. The molecule has 1 heterocycles. The Hall–Kier alpha value is -5.16. The summed E-state index contributed by atoms with van der Waals surface area (Å²) in [6, 6.07) is 18.3. The molecule has 11 heteroatoms. The van der Waals surface area contributed by atoms with Gasteiger partial charge in [0.25, 0.3) is 0 Å². The number of carboxylic acid groups (broad SMARTS) is 1. The van der Waals surface area contributed by atoms with Gasteiger partial charge in [-0.25, -0.2) is 4.79 Å². The number of hydrogen-bond donors (Lipinski definition) is 7. The first-order valence-corrected chi connectivity index (χ1v) is 14.8. The number of carbonyl (C=O) groups is 4. The summed E-state index contributed by atoms with van der Waals surface area (Å²) in [5.74, 6) is -3.40. The number of hydrogen-bond acceptors (Lipinski definition) is 6. The minimum atomic E-state index is -1.25. The fraction of sp³-hybridized carbons (Fsp3) is 0.294. The van der Waals surface area contributed by atoms with Crippen LogP contribution in [0.3, 0.4) is 0 Å². The van der Waals surface area contributed by atoms with E-state index in [0.29, 0.717) is 5.56 Å². The Balaban J connectivity index is 1.48. The van der Waals surface area contributed by atoms with Crippen LogP contribution in [-0.4, -0.2) is 63.1 Å². The van der Waals surface area contributed by atoms with Gasteiger partial charge in [0.05, 0.1) is 6.04 Å². The molecule has 1 aromatic heterocycles. The van der Waals surface area contributed by atoms with E-state index in [9.17, 15) is 29.4 Å². The number of benzene rings is 3. The lowest BCUT2D eigenvalue weighted by atomic mass is 9.99. The predicted molar refractivity (Wildman–Crippen MR) is 170 cm³/mol. The van der Waals surface area contributed by atoms with Crippen molar-refractivity contribution in [1.29, 1.82) is 0 Å². The highest BCUT2D eigenvalue weighted by atomic mass is 16.4. The first-order chi connectivity index (χ1) is 21.5. The number of amides is 3. The zero-order valence-corrected chi connectivity index (χ0v) is 25.2. The quantitative estimate of drug-likeness (QED) is 0.114. The number of carbonyl (C=O) groups excluding carboxylic acids is 3. The van der Waals surface area contributed by atoms with Crippen LogP contribution in [0.25, 0.3) is 10.9 Å². The number of aromatic hydroxyl groups is 1. The molecule has 4 rings (SSSR count). The van der Waals surface area contributed by atoms with Crippen LogP contribution in [-0.2, 0) is 38.4 Å². The Kier molecular flexibility index (Phi) is 10.9. The third-order valence-corrected chi connectivity index (χ3v) is 7.60. The second-order valence-corrected chi connectivity index (χ2v) is 11.4. The van der Waals surface area contributed by atoms with Crippen molar-refractivity contribution in [2.75, 3.05) is 0 Å². The van der Waals surface area contributed by atoms with Crippen LogP contribution in [0.2, 0.25) is 0 Å². The van der Waals surface area contributed by atoms with E-state index >= 15 is 0 Å². The highest BCUT2D eigenvalue weighted by Crippen LogP contribution is 2.19. The Morgan fingerprint density at radius 2 is 1.33 bits per heavy atom. The molecule has 4 atom stereocenters. The molecule has 3 amide bonds. The van der Waals surface area contributed by atoms with Crippen LogP contribution in [0.15, 0.2) is 85.1 Å². The number of nitrogens with two attached hydrogens (primary N) is 1. The van der Waals surface area contributed by atoms with Gasteiger partial charge in [0.15, 0.2) is 0 Å². The molecule has 0 spiro atoms. The smallest absolute Gasteiger partial charge is 0.326 e. The van der Waals surface area contributed by atoms with Gasteiger partial charge in [-0.2, -0.15) is 0 Å². The van der Waals surface area contributed by atoms with Gasteiger partial charge in [0, 0.05) is 29.9 Å². The average molecular weight is 614 g/mol. The van der Waals surface area contributed by atoms with E-state index in [2.05, 4.69) is 20.9 Å². The second kappa shape index (κ2) is 15.0. The molecule has 0 fully saturated rings. The van der Waals surface area contributed by atoms with Crippen molar-refractivity contribution in [2.24, 2.45) is 11.7 Å². The van der Waals surface area contributed by atoms with Crippen molar-refractivity contribution in [1.82, 2.24) is 20.9 Å². The molecule has 8 N–H and O–H groups in total. The van der Waals surface area contributed by atoms with E-state index in [0.717, 1.165) is 22.0 Å². The number of H-pyrrole nitrogens is 1. The van der Waals surface area contributed by atoms with Crippen molar-refractivity contribution < 1.29 is 29.4 Å². The van der Waals surface area contributed by atoms with E-state index in [-0.39, 0.29) is 30.9 Å². The van der Waals surface area contributed by atoms with Crippen LogP contribution < -0.4 is 21.7 Å². The van der Waals surface area contributed by atoms with Gasteiger partial charge in [-0.15, -0.1) is 0 Å². The summed E-state index contributed by atoms with van der Waals surface area (Å²) in [4.78, 5) is 55.5. The molecule has 4 unspecified atom stereocenters. The van der Waals surface area contributed by atoms with Crippen molar-refractivity contribution in [2.45, 2.75) is 57.3 Å². The first-order valence-electron chi connectivity index (χ1n) is 14.8. The molecule has 0 saturated carbocycles. The van der Waals surface area contributed by atoms with E-state index in [1.54, 1.807) is 62.5 Å². The molecule has 0 saturated heterocycles. The highest BCUT2D eigenvalue weighted by molar-refractivity contribution is 5.94. The minimum absolute atomic E-state index is 0.00830. The van der Waals surface area contributed by atoms with Crippen molar-refractivity contribution in [3.63, 3.8) is 0 Å². The Morgan fingerprint density at radius 1 is 0.733 bits per heavy atom. The predicted octanol–water partition coefficient (Wildman–Crippen LogP) is 2.42. The Labute approximate surface area is 261 Å². The molecule has 0 radical (unpaired) electrons. The second-order valence-electron chi connectivity index (χ2n) is 11.4. The number of phenolic OH excluding ortho intramolecular Hbond substituents is 1. The molecule has 0 bridgehead atoms. The molecule has 3 aromatic carbocycles. The third-order valence-electron chi connectivity index (χ3n) is 7.60. The summed E-state index contributed by atoms with van der Waals surface area (Å²) in [5, 5.41) is 28.5. The van der Waals surface area contributed by atoms with Gasteiger partial charge in [-0.1, -0.05) is 74.5 Å². The number of nitrogens with one attached hydrogen (secondary N) is 4. The number of aromatic nitrogens is 1. The van der Waals surface area contributed by atoms with Crippen LogP contribution in [0.4, 0.5) is 0 Å². The molecule has 45 heavy (non-hydrogen) atoms. The average Bonchev–Trinajstić information content (AvgIpc) is 3.42. The van der Waals surface area contributed by atoms with E-state index in [1.165, 1.54) is 12.1 Å². The number of fused-ring (bicyclic) bond motifs is 1. The SMILES string of the molecule is CC(C)C(NC(=O)C(N)Cc1c[nH]c2ccccc12)C(=O)NC(Cc1ccc(O)cc1)C(=O)NC(Cc1ccccc1)C(=O)O. The van der Waals surface area contributed by atoms with Gasteiger partial charge in [0.1, 0.15) is 23.9 Å². The zero-order valence-electron chi connectivity index (χ0n) is 25.2. The Morgan fingerprint density at radius 3 is 2.00 bits per heavy atom. The number of aliphatic carboxylic acids is 1. The number of phenols is 1. The summed E-state index contributed by atoms with van der Waals surface area (Å²) in [7, 11) is 0. The van der Waals surface area contributed by atoms with Gasteiger partial charge >= 0.3 is 5.97 Å². The van der Waals surface area contributed by atoms with Gasteiger partial charge in [-0.05, 0) is 47.2 Å². The number of carboxylic acids is 1. The van der Waals surface area contributed by atoms with E-state index in [4.69, 9.17) is 5.73 Å². The number of para-hydroxylation sites is 1. The summed E-state index contributed by atoms with van der Waals surface area (Å²) in [6.45, 7) is 3.51. The lowest BCUT2D eigenvalue weighted by molar-refractivity contribution is -0.142. The van der Waals surface area contributed by atoms with Crippen LogP contribution in [0, 0.1) is 5.92 Å². The van der Waals surface area contributed by atoms with Crippen molar-refractivity contribution in [3.05, 3.63) is 102 Å². The van der Waals surface area contributed by atoms with Crippen LogP contribution in [0.1, 0.15) is 30.5 Å². The minimum Gasteiger partial charge on any atom is -0.508 e. The molecular weight excluding hydrogens is 574 g/mol. The molecule has 0 aliphatic heterocycles. The third kappa shape index (κ3) is 8.93. The monoisotopic (exact) mass is 613 g/mol. The number of aromatic amines is 1. The largest absolute Gasteiger partial charge is 0.508 e. The maximum atomic E-state index is 13.6. The summed E-state index contributed by atoms with van der Waals surface area (Å²) in [5.41, 5.74) is 9.39. The molecule has 4 aromatic rings. The van der Waals surface area contributed by atoms with Gasteiger partial charge in [0.2, 0.25) is 17.7 Å². The fourth-order valence-electron chi connectivity index (χ4n) is 5.09. The van der Waals surface area contributed by atoms with Crippen molar-refractivity contribution >= 4 is 34.6 Å². The van der Waals surface area contributed by atoms with E-state index in [1.807, 2.05) is 24.3 Å². The topological polar surface area (TPSA) is 187 Å². The van der Waals surface area contributed by atoms with E-state index < -0.39 is 47.9 Å². The summed E-state index contributed by atoms with van der Waals surface area (Å²) < 4.78 is 0. The molecule has 0 aliphatic carbocycles. The lowest BCUT2D eigenvalue weighted by Gasteiger charge is -2.27. The summed E-state index contributed by atoms with van der Waals surface area (Å²) >= 11 is 0. The molecule has 11 nitrogen and oxygen atoms in total. The van der Waals surface area contributed by atoms with Gasteiger partial charge < -0.3 is 36.9 Å². The van der Waals surface area contributed by atoms with Crippen molar-refractivity contribution in [3.8, 4) is 5.75 Å². The zero-order chi connectivity index (χ0) is 32.5.